The van der Waals surface area contributed by atoms with Crippen LogP contribution in [0.1, 0.15) is 24.8 Å². The molecule has 1 heterocycles. The van der Waals surface area contributed by atoms with Gasteiger partial charge in [0.15, 0.2) is 0 Å². The average Bonchev–Trinajstić information content (AvgIpc) is 3.49. The molecule has 1 aliphatic heterocycles. The van der Waals surface area contributed by atoms with Crippen molar-refractivity contribution in [2.75, 3.05) is 22.9 Å². The zero-order valence-corrected chi connectivity index (χ0v) is 14.5. The van der Waals surface area contributed by atoms with Crippen molar-refractivity contribution in [2.45, 2.75) is 25.7 Å². The number of anilines is 2. The van der Waals surface area contributed by atoms with Gasteiger partial charge in [-0.1, -0.05) is 24.3 Å². The van der Waals surface area contributed by atoms with Crippen LogP contribution in [-0.2, 0) is 16.0 Å². The lowest BCUT2D eigenvalue weighted by Crippen LogP contribution is -2.33. The zero-order chi connectivity index (χ0) is 18.1. The lowest BCUT2D eigenvalue weighted by atomic mass is 10.1. The SMILES string of the molecule is O=C(Cc1ccc(F)cc1)N1CCCN(C(=O)C2CC2)c2ccccc21. The predicted molar refractivity (Wildman–Crippen MR) is 98.6 cm³/mol. The lowest BCUT2D eigenvalue weighted by molar-refractivity contribution is -0.120. The maximum absolute atomic E-state index is 13.1. The van der Waals surface area contributed by atoms with Crippen LogP contribution >= 0.6 is 0 Å². The number of rotatable bonds is 3. The van der Waals surface area contributed by atoms with Gasteiger partial charge in [-0.25, -0.2) is 4.39 Å². The highest BCUT2D eigenvalue weighted by atomic mass is 19.1. The molecule has 5 heteroatoms. The van der Waals surface area contributed by atoms with E-state index in [1.807, 2.05) is 29.2 Å². The Morgan fingerprint density at radius 3 is 2.19 bits per heavy atom. The Balaban J connectivity index is 1.61. The van der Waals surface area contributed by atoms with Gasteiger partial charge in [0, 0.05) is 19.0 Å². The smallest absolute Gasteiger partial charge is 0.231 e. The summed E-state index contributed by atoms with van der Waals surface area (Å²) in [6.45, 7) is 1.21. The second kappa shape index (κ2) is 6.90. The maximum Gasteiger partial charge on any atom is 0.231 e. The van der Waals surface area contributed by atoms with E-state index in [0.29, 0.717) is 13.1 Å². The molecule has 0 radical (unpaired) electrons. The molecule has 1 aliphatic carbocycles. The third-order valence-corrected chi connectivity index (χ3v) is 4.99. The number of hydrogen-bond donors (Lipinski definition) is 0. The van der Waals surface area contributed by atoms with Crippen molar-refractivity contribution in [1.29, 1.82) is 0 Å². The molecule has 1 saturated carbocycles. The molecule has 0 atom stereocenters. The third-order valence-electron chi connectivity index (χ3n) is 4.99. The van der Waals surface area contributed by atoms with Gasteiger partial charge in [0.1, 0.15) is 5.82 Å². The molecule has 0 spiro atoms. The van der Waals surface area contributed by atoms with Crippen molar-refractivity contribution in [3.63, 3.8) is 0 Å². The molecule has 26 heavy (non-hydrogen) atoms. The number of halogens is 1. The van der Waals surface area contributed by atoms with Gasteiger partial charge in [0.05, 0.1) is 17.8 Å². The van der Waals surface area contributed by atoms with E-state index in [9.17, 15) is 14.0 Å². The molecule has 2 aromatic rings. The van der Waals surface area contributed by atoms with E-state index in [1.165, 1.54) is 12.1 Å². The second-order valence-electron chi connectivity index (χ2n) is 6.96. The highest BCUT2D eigenvalue weighted by Crippen LogP contribution is 2.38. The molecule has 2 aromatic carbocycles. The van der Waals surface area contributed by atoms with Crippen molar-refractivity contribution in [3.05, 3.63) is 59.9 Å². The van der Waals surface area contributed by atoms with Crippen molar-refractivity contribution < 1.29 is 14.0 Å². The first-order valence-electron chi connectivity index (χ1n) is 9.09. The van der Waals surface area contributed by atoms with Crippen LogP contribution in [0.15, 0.2) is 48.5 Å². The minimum atomic E-state index is -0.310. The molecule has 4 rings (SSSR count). The molecule has 2 amide bonds. The fraction of sp³-hybridized carbons (Fsp3) is 0.333. The topological polar surface area (TPSA) is 40.6 Å². The highest BCUT2D eigenvalue weighted by Gasteiger charge is 2.36. The summed E-state index contributed by atoms with van der Waals surface area (Å²) >= 11 is 0. The number of para-hydroxylation sites is 2. The standard InChI is InChI=1S/C21H21FN2O2/c22-17-10-6-15(7-11-17)14-20(25)23-12-3-13-24(21(26)16-8-9-16)19-5-2-1-4-18(19)23/h1-2,4-7,10-11,16H,3,8-9,12-14H2. The summed E-state index contributed by atoms with van der Waals surface area (Å²) in [5.41, 5.74) is 2.38. The molecule has 0 N–H and O–H groups in total. The van der Waals surface area contributed by atoms with Crippen LogP contribution in [0.4, 0.5) is 15.8 Å². The van der Waals surface area contributed by atoms with Crippen LogP contribution < -0.4 is 9.80 Å². The first-order valence-corrected chi connectivity index (χ1v) is 9.09. The number of benzene rings is 2. The Bertz CT molecular complexity index is 830. The van der Waals surface area contributed by atoms with Crippen molar-refractivity contribution in [2.24, 2.45) is 5.92 Å². The van der Waals surface area contributed by atoms with E-state index in [4.69, 9.17) is 0 Å². The number of nitrogens with zero attached hydrogens (tertiary/aromatic N) is 2. The summed E-state index contributed by atoms with van der Waals surface area (Å²) in [5.74, 6) is -0.0323. The normalized spacial score (nSPS) is 16.8. The Hall–Kier alpha value is -2.69. The quantitative estimate of drug-likeness (QED) is 0.848. The van der Waals surface area contributed by atoms with E-state index in [0.717, 1.165) is 36.2 Å². The van der Waals surface area contributed by atoms with E-state index in [1.54, 1.807) is 17.0 Å². The maximum atomic E-state index is 13.1. The summed E-state index contributed by atoms with van der Waals surface area (Å²) in [4.78, 5) is 29.2. The van der Waals surface area contributed by atoms with Crippen molar-refractivity contribution >= 4 is 23.2 Å². The average molecular weight is 352 g/mol. The number of amides is 2. The Kier molecular flexibility index (Phi) is 4.45. The minimum Gasteiger partial charge on any atom is -0.310 e. The van der Waals surface area contributed by atoms with Crippen LogP contribution in [0.25, 0.3) is 0 Å². The fourth-order valence-corrected chi connectivity index (χ4v) is 3.46. The summed E-state index contributed by atoms with van der Waals surface area (Å²) in [6, 6.07) is 13.6. The Labute approximate surface area is 152 Å². The summed E-state index contributed by atoms with van der Waals surface area (Å²) < 4.78 is 13.1. The number of fused-ring (bicyclic) bond motifs is 1. The highest BCUT2D eigenvalue weighted by molar-refractivity contribution is 6.04. The van der Waals surface area contributed by atoms with Crippen molar-refractivity contribution in [1.82, 2.24) is 0 Å². The molecule has 0 unspecified atom stereocenters. The summed E-state index contributed by atoms with van der Waals surface area (Å²) in [5, 5.41) is 0. The number of carbonyl (C=O) groups excluding carboxylic acids is 2. The predicted octanol–water partition coefficient (Wildman–Crippen LogP) is 3.55. The largest absolute Gasteiger partial charge is 0.310 e. The van der Waals surface area contributed by atoms with Gasteiger partial charge in [-0.05, 0) is 49.1 Å². The third kappa shape index (κ3) is 3.34. The van der Waals surface area contributed by atoms with E-state index >= 15 is 0 Å². The lowest BCUT2D eigenvalue weighted by Gasteiger charge is -2.25. The molecular weight excluding hydrogens is 331 g/mol. The van der Waals surface area contributed by atoms with Gasteiger partial charge >= 0.3 is 0 Å². The van der Waals surface area contributed by atoms with Crippen LogP contribution in [0, 0.1) is 11.7 Å². The monoisotopic (exact) mass is 352 g/mol. The van der Waals surface area contributed by atoms with Gasteiger partial charge in [0.2, 0.25) is 11.8 Å². The van der Waals surface area contributed by atoms with E-state index < -0.39 is 0 Å². The number of hydrogen-bond acceptors (Lipinski definition) is 2. The molecule has 134 valence electrons. The summed E-state index contributed by atoms with van der Waals surface area (Å²) in [6.07, 6.45) is 2.88. The fourth-order valence-electron chi connectivity index (χ4n) is 3.46. The van der Waals surface area contributed by atoms with Gasteiger partial charge in [0.25, 0.3) is 0 Å². The van der Waals surface area contributed by atoms with Crippen LogP contribution in [0.3, 0.4) is 0 Å². The Morgan fingerprint density at radius 2 is 1.54 bits per heavy atom. The van der Waals surface area contributed by atoms with Gasteiger partial charge in [-0.3, -0.25) is 9.59 Å². The summed E-state index contributed by atoms with van der Waals surface area (Å²) in [7, 11) is 0. The molecule has 1 fully saturated rings. The van der Waals surface area contributed by atoms with Crippen LogP contribution in [0.5, 0.6) is 0 Å². The molecule has 4 nitrogen and oxygen atoms in total. The Morgan fingerprint density at radius 1 is 0.923 bits per heavy atom. The zero-order valence-electron chi connectivity index (χ0n) is 14.5. The second-order valence-corrected chi connectivity index (χ2v) is 6.96. The van der Waals surface area contributed by atoms with Crippen LogP contribution in [0.2, 0.25) is 0 Å². The minimum absolute atomic E-state index is 0.0372. The molecule has 0 aromatic heterocycles. The number of carbonyl (C=O) groups is 2. The van der Waals surface area contributed by atoms with Gasteiger partial charge in [-0.2, -0.15) is 0 Å². The van der Waals surface area contributed by atoms with Gasteiger partial charge < -0.3 is 9.80 Å². The molecule has 0 bridgehead atoms. The molecule has 0 saturated heterocycles. The molecular formula is C21H21FN2O2. The van der Waals surface area contributed by atoms with E-state index in [-0.39, 0.29) is 30.0 Å². The molecule has 2 aliphatic rings. The first kappa shape index (κ1) is 16.8. The first-order chi connectivity index (χ1) is 12.6. The van der Waals surface area contributed by atoms with Crippen molar-refractivity contribution in [3.8, 4) is 0 Å². The van der Waals surface area contributed by atoms with Gasteiger partial charge in [-0.15, -0.1) is 0 Å². The van der Waals surface area contributed by atoms with Crippen LogP contribution in [-0.4, -0.2) is 24.9 Å². The van der Waals surface area contributed by atoms with E-state index in [2.05, 4.69) is 0 Å².